The minimum absolute atomic E-state index is 0.415. The maximum absolute atomic E-state index is 3.03. The third-order valence-electron chi connectivity index (χ3n) is 7.43. The molecule has 5 aromatic rings. The summed E-state index contributed by atoms with van der Waals surface area (Å²) < 4.78 is 0. The Balaban J connectivity index is 0.000000618. The van der Waals surface area contributed by atoms with E-state index in [1.54, 1.807) is 0 Å². The summed E-state index contributed by atoms with van der Waals surface area (Å²) in [7, 11) is 1.91. The molecule has 0 aliphatic heterocycles. The van der Waals surface area contributed by atoms with E-state index in [1.165, 1.54) is 45.6 Å². The Labute approximate surface area is 306 Å². The van der Waals surface area contributed by atoms with Crippen molar-refractivity contribution in [3.8, 4) is 0 Å². The Morgan fingerprint density at radius 3 is 1.40 bits per heavy atom. The SMILES string of the molecule is CC.CC.CC.CCC.CNc1ccccc1.Cc1ccc(C2=CCC(c3ccc(N(c4ccccc4)c4ccc(C)cc4)cc3)C=C2)cc1. The molecule has 50 heavy (non-hydrogen) atoms. The smallest absolute Gasteiger partial charge is 0.0461 e. The van der Waals surface area contributed by atoms with E-state index in [0.717, 1.165) is 17.8 Å². The second-order valence-electron chi connectivity index (χ2n) is 11.1. The summed E-state index contributed by atoms with van der Waals surface area (Å²) in [5.74, 6) is 0.415. The van der Waals surface area contributed by atoms with Gasteiger partial charge in [0, 0.05) is 35.7 Å². The van der Waals surface area contributed by atoms with Crippen LogP contribution in [-0.2, 0) is 0 Å². The van der Waals surface area contributed by atoms with Crippen LogP contribution in [-0.4, -0.2) is 7.05 Å². The van der Waals surface area contributed by atoms with Crippen molar-refractivity contribution >= 4 is 28.3 Å². The molecule has 1 aliphatic rings. The molecule has 0 spiro atoms. The molecule has 6 rings (SSSR count). The van der Waals surface area contributed by atoms with Crippen LogP contribution >= 0.6 is 0 Å². The first-order chi connectivity index (χ1) is 24.5. The molecule has 0 amide bonds. The van der Waals surface area contributed by atoms with Crippen LogP contribution in [0.2, 0.25) is 0 Å². The van der Waals surface area contributed by atoms with Crippen molar-refractivity contribution in [1.29, 1.82) is 0 Å². The largest absolute Gasteiger partial charge is 0.388 e. The predicted molar refractivity (Wildman–Crippen MR) is 228 cm³/mol. The number of anilines is 4. The first-order valence-corrected chi connectivity index (χ1v) is 18.7. The van der Waals surface area contributed by atoms with Gasteiger partial charge in [0.2, 0.25) is 0 Å². The fraction of sp³-hybridized carbons (Fsp3) is 0.292. The Bertz CT molecular complexity index is 1580. The summed E-state index contributed by atoms with van der Waals surface area (Å²) in [6.45, 7) is 20.5. The lowest BCUT2D eigenvalue weighted by molar-refractivity contribution is 0.856. The number of hydrogen-bond donors (Lipinski definition) is 1. The maximum atomic E-state index is 3.03. The molecule has 5 aromatic carbocycles. The van der Waals surface area contributed by atoms with E-state index in [-0.39, 0.29) is 0 Å². The van der Waals surface area contributed by atoms with E-state index in [4.69, 9.17) is 0 Å². The Morgan fingerprint density at radius 1 is 0.560 bits per heavy atom. The van der Waals surface area contributed by atoms with Gasteiger partial charge in [0.1, 0.15) is 0 Å². The number of rotatable bonds is 6. The van der Waals surface area contributed by atoms with Gasteiger partial charge in [-0.3, -0.25) is 0 Å². The highest BCUT2D eigenvalue weighted by atomic mass is 15.1. The molecule has 0 saturated carbocycles. The lowest BCUT2D eigenvalue weighted by Gasteiger charge is -2.26. The standard InChI is InChI=1S/C32H29N.C7H9N.C3H8.3C2H6/c1-24-8-12-26(13-9-24)27-14-16-28(17-15-27)29-18-22-32(23-19-29)33(30-6-4-3-5-7-30)31-20-10-25(2)11-21-31;1-8-7-5-3-2-4-6-7;1-3-2;3*1-2/h3-16,18-23,28H,17H2,1-2H3;2-6,8H,1H3;3H2,1-2H3;3*1-2H3. The quantitative estimate of drug-likeness (QED) is 0.194. The van der Waals surface area contributed by atoms with Crippen LogP contribution in [0.3, 0.4) is 0 Å². The third kappa shape index (κ3) is 14.3. The minimum Gasteiger partial charge on any atom is -0.388 e. The van der Waals surface area contributed by atoms with Crippen molar-refractivity contribution in [1.82, 2.24) is 0 Å². The number of benzene rings is 5. The molecule has 0 radical (unpaired) electrons. The van der Waals surface area contributed by atoms with Gasteiger partial charge in [0.25, 0.3) is 0 Å². The number of aryl methyl sites for hydroxylation is 2. The van der Waals surface area contributed by atoms with Gasteiger partial charge in [0.15, 0.2) is 0 Å². The summed E-state index contributed by atoms with van der Waals surface area (Å²) in [4.78, 5) is 2.31. The van der Waals surface area contributed by atoms with Crippen LogP contribution in [0.4, 0.5) is 22.7 Å². The van der Waals surface area contributed by atoms with Crippen LogP contribution in [0.25, 0.3) is 5.57 Å². The molecular formula is C48H64N2. The zero-order valence-electron chi connectivity index (χ0n) is 32.9. The van der Waals surface area contributed by atoms with Crippen molar-refractivity contribution < 1.29 is 0 Å². The van der Waals surface area contributed by atoms with Gasteiger partial charge in [0.05, 0.1) is 0 Å². The van der Waals surface area contributed by atoms with Gasteiger partial charge < -0.3 is 10.2 Å². The monoisotopic (exact) mass is 669 g/mol. The molecule has 2 nitrogen and oxygen atoms in total. The Kier molecular flexibility index (Phi) is 22.6. The Morgan fingerprint density at radius 2 is 0.980 bits per heavy atom. The van der Waals surface area contributed by atoms with E-state index in [2.05, 4.69) is 159 Å². The first-order valence-electron chi connectivity index (χ1n) is 18.7. The van der Waals surface area contributed by atoms with E-state index >= 15 is 0 Å². The van der Waals surface area contributed by atoms with Crippen molar-refractivity contribution in [2.45, 2.75) is 88.0 Å². The fourth-order valence-corrected chi connectivity index (χ4v) is 5.02. The van der Waals surface area contributed by atoms with Crippen molar-refractivity contribution in [2.75, 3.05) is 17.3 Å². The lowest BCUT2D eigenvalue weighted by Crippen LogP contribution is -2.10. The molecule has 1 unspecified atom stereocenters. The van der Waals surface area contributed by atoms with Crippen molar-refractivity contribution in [3.63, 3.8) is 0 Å². The summed E-state index contributed by atoms with van der Waals surface area (Å²) >= 11 is 0. The number of allylic oxidation sites excluding steroid dienone is 4. The fourth-order valence-electron chi connectivity index (χ4n) is 5.02. The highest BCUT2D eigenvalue weighted by Gasteiger charge is 2.15. The highest BCUT2D eigenvalue weighted by molar-refractivity contribution is 5.77. The predicted octanol–water partition coefficient (Wildman–Crippen LogP) is 15.1. The molecule has 0 saturated heterocycles. The summed E-state index contributed by atoms with van der Waals surface area (Å²) in [5, 5.41) is 3.03. The molecule has 1 aliphatic carbocycles. The molecule has 0 fully saturated rings. The third-order valence-corrected chi connectivity index (χ3v) is 7.43. The topological polar surface area (TPSA) is 15.3 Å². The summed E-state index contributed by atoms with van der Waals surface area (Å²) in [5.41, 5.74) is 11.2. The number of nitrogens with zero attached hydrogens (tertiary/aromatic N) is 1. The van der Waals surface area contributed by atoms with Crippen LogP contribution in [0, 0.1) is 13.8 Å². The van der Waals surface area contributed by atoms with Crippen LogP contribution in [0.15, 0.2) is 152 Å². The van der Waals surface area contributed by atoms with E-state index < -0.39 is 0 Å². The molecule has 0 aromatic heterocycles. The first kappa shape index (κ1) is 43.2. The van der Waals surface area contributed by atoms with Crippen molar-refractivity contribution in [3.05, 3.63) is 174 Å². The zero-order chi connectivity index (χ0) is 37.1. The average molecular weight is 669 g/mol. The highest BCUT2D eigenvalue weighted by Crippen LogP contribution is 2.36. The van der Waals surface area contributed by atoms with Gasteiger partial charge in [-0.15, -0.1) is 0 Å². The van der Waals surface area contributed by atoms with E-state index in [1.807, 2.05) is 78.9 Å². The second kappa shape index (κ2) is 26.1. The van der Waals surface area contributed by atoms with Gasteiger partial charge in [-0.05, 0) is 85.5 Å². The molecule has 1 N–H and O–H groups in total. The molecule has 1 atom stereocenters. The van der Waals surface area contributed by atoms with Gasteiger partial charge in [-0.2, -0.15) is 0 Å². The summed E-state index contributed by atoms with van der Waals surface area (Å²) in [6, 6.07) is 47.2. The number of nitrogens with one attached hydrogen (secondary N) is 1. The average Bonchev–Trinajstić information content (AvgIpc) is 3.20. The lowest BCUT2D eigenvalue weighted by atomic mass is 9.88. The van der Waals surface area contributed by atoms with Gasteiger partial charge in [-0.1, -0.05) is 176 Å². The van der Waals surface area contributed by atoms with Gasteiger partial charge in [-0.25, -0.2) is 0 Å². The van der Waals surface area contributed by atoms with E-state index in [0.29, 0.717) is 5.92 Å². The van der Waals surface area contributed by atoms with E-state index in [9.17, 15) is 0 Å². The second-order valence-corrected chi connectivity index (χ2v) is 11.1. The number of para-hydroxylation sites is 2. The number of hydrogen-bond acceptors (Lipinski definition) is 2. The molecule has 266 valence electrons. The zero-order valence-corrected chi connectivity index (χ0v) is 32.9. The minimum atomic E-state index is 0.415. The van der Waals surface area contributed by atoms with Gasteiger partial charge >= 0.3 is 0 Å². The molecule has 0 heterocycles. The Hall–Kier alpha value is -4.82. The molecule has 0 bridgehead atoms. The van der Waals surface area contributed by atoms with Crippen LogP contribution in [0.1, 0.15) is 96.4 Å². The van der Waals surface area contributed by atoms with Crippen LogP contribution < -0.4 is 10.2 Å². The molecule has 2 heteroatoms. The molecular weight excluding hydrogens is 605 g/mol. The summed E-state index contributed by atoms with van der Waals surface area (Å²) in [6.07, 6.45) is 9.26. The van der Waals surface area contributed by atoms with Crippen molar-refractivity contribution in [2.24, 2.45) is 0 Å². The van der Waals surface area contributed by atoms with Crippen LogP contribution in [0.5, 0.6) is 0 Å². The maximum Gasteiger partial charge on any atom is 0.0461 e. The normalized spacial score (nSPS) is 12.1.